The van der Waals surface area contributed by atoms with Crippen molar-refractivity contribution >= 4 is 17.6 Å². The first-order chi connectivity index (χ1) is 6.79. The van der Waals surface area contributed by atoms with Crippen LogP contribution in [0, 0.1) is 11.8 Å². The number of nitrogens with one attached hydrogen (secondary N) is 1. The van der Waals surface area contributed by atoms with Crippen LogP contribution in [0.1, 0.15) is 25.7 Å². The van der Waals surface area contributed by atoms with Crippen molar-refractivity contribution in [2.45, 2.75) is 25.6 Å². The Labute approximate surface area is 88.0 Å². The first-order valence-electron chi connectivity index (χ1n) is 4.92. The Kier molecular flexibility index (Phi) is 2.91. The van der Waals surface area contributed by atoms with E-state index in [0.29, 0.717) is 17.8 Å². The van der Waals surface area contributed by atoms with E-state index in [4.69, 9.17) is 16.0 Å². The van der Waals surface area contributed by atoms with Gasteiger partial charge in [0.25, 0.3) is 0 Å². The molecule has 1 unspecified atom stereocenters. The lowest BCUT2D eigenvalue weighted by Crippen LogP contribution is -2.12. The molecule has 5 heteroatoms. The zero-order valence-electron chi connectivity index (χ0n) is 8.16. The van der Waals surface area contributed by atoms with Gasteiger partial charge in [-0.1, -0.05) is 12.0 Å². The third-order valence-electron chi connectivity index (χ3n) is 2.58. The minimum Gasteiger partial charge on any atom is -0.407 e. The second-order valence-corrected chi connectivity index (χ2v) is 4.10. The van der Waals surface area contributed by atoms with Gasteiger partial charge in [0.1, 0.15) is 5.88 Å². The summed E-state index contributed by atoms with van der Waals surface area (Å²) in [5, 5.41) is 10.7. The minimum absolute atomic E-state index is 0.271. The van der Waals surface area contributed by atoms with E-state index >= 15 is 0 Å². The summed E-state index contributed by atoms with van der Waals surface area (Å²) >= 11 is 5.54. The summed E-state index contributed by atoms with van der Waals surface area (Å²) in [5.74, 6) is 2.31. The summed E-state index contributed by atoms with van der Waals surface area (Å²) < 4.78 is 5.22. The summed E-state index contributed by atoms with van der Waals surface area (Å²) in [7, 11) is 0. The van der Waals surface area contributed by atoms with Gasteiger partial charge >= 0.3 is 6.01 Å². The second kappa shape index (κ2) is 4.17. The van der Waals surface area contributed by atoms with Crippen LogP contribution < -0.4 is 5.32 Å². The molecule has 1 aliphatic rings. The van der Waals surface area contributed by atoms with E-state index in [2.05, 4.69) is 22.4 Å². The molecular formula is C9H14ClN3O. The molecule has 0 bridgehead atoms. The molecule has 1 saturated carbocycles. The van der Waals surface area contributed by atoms with E-state index in [1.54, 1.807) is 0 Å². The van der Waals surface area contributed by atoms with Crippen molar-refractivity contribution in [2.75, 3.05) is 11.9 Å². The maximum Gasteiger partial charge on any atom is 0.315 e. The normalized spacial score (nSPS) is 18.1. The minimum atomic E-state index is 0.271. The fourth-order valence-electron chi connectivity index (χ4n) is 1.46. The molecule has 0 aromatic carbocycles. The van der Waals surface area contributed by atoms with E-state index in [1.165, 1.54) is 12.8 Å². The van der Waals surface area contributed by atoms with E-state index in [9.17, 15) is 0 Å². The summed E-state index contributed by atoms with van der Waals surface area (Å²) in [5.41, 5.74) is 0. The highest BCUT2D eigenvalue weighted by Crippen LogP contribution is 2.36. The Morgan fingerprint density at radius 3 is 2.93 bits per heavy atom. The first kappa shape index (κ1) is 9.77. The van der Waals surface area contributed by atoms with Crippen LogP contribution in [0.5, 0.6) is 0 Å². The van der Waals surface area contributed by atoms with Crippen LogP contribution in [-0.4, -0.2) is 16.7 Å². The second-order valence-electron chi connectivity index (χ2n) is 3.83. The molecule has 0 saturated heterocycles. The number of halogens is 1. The molecule has 2 rings (SSSR count). The number of aromatic nitrogens is 2. The molecule has 14 heavy (non-hydrogen) atoms. The van der Waals surface area contributed by atoms with Gasteiger partial charge in [0.05, 0.1) is 0 Å². The summed E-state index contributed by atoms with van der Waals surface area (Å²) in [6, 6.07) is 0.480. The zero-order valence-corrected chi connectivity index (χ0v) is 8.92. The molecule has 1 fully saturated rings. The van der Waals surface area contributed by atoms with Crippen molar-refractivity contribution in [1.29, 1.82) is 0 Å². The molecular weight excluding hydrogens is 202 g/mol. The average Bonchev–Trinajstić information content (AvgIpc) is 2.94. The van der Waals surface area contributed by atoms with Gasteiger partial charge in [-0.2, -0.15) is 0 Å². The van der Waals surface area contributed by atoms with Gasteiger partial charge in [-0.3, -0.25) is 0 Å². The standard InChI is InChI=1S/C9H14ClN3O/c1-6(7-2-3-7)5-11-9-13-12-8(4-10)14-9/h6-7H,2-5H2,1H3,(H,11,13). The average molecular weight is 216 g/mol. The van der Waals surface area contributed by atoms with Crippen molar-refractivity contribution in [2.24, 2.45) is 11.8 Å². The van der Waals surface area contributed by atoms with Gasteiger partial charge in [0.15, 0.2) is 0 Å². The van der Waals surface area contributed by atoms with Crippen molar-refractivity contribution in [3.63, 3.8) is 0 Å². The highest BCUT2D eigenvalue weighted by Gasteiger charge is 2.27. The number of alkyl halides is 1. The van der Waals surface area contributed by atoms with Gasteiger partial charge in [-0.05, 0) is 24.7 Å². The molecule has 1 heterocycles. The Balaban J connectivity index is 1.78. The van der Waals surface area contributed by atoms with Crippen molar-refractivity contribution < 1.29 is 4.42 Å². The monoisotopic (exact) mass is 215 g/mol. The predicted octanol–water partition coefficient (Wildman–Crippen LogP) is 2.27. The van der Waals surface area contributed by atoms with Crippen molar-refractivity contribution in [3.05, 3.63) is 5.89 Å². The zero-order chi connectivity index (χ0) is 9.97. The molecule has 0 amide bonds. The lowest BCUT2D eigenvalue weighted by molar-refractivity contribution is 0.499. The van der Waals surface area contributed by atoms with Crippen LogP contribution in [0.3, 0.4) is 0 Å². The third-order valence-corrected chi connectivity index (χ3v) is 2.81. The fourth-order valence-corrected chi connectivity index (χ4v) is 1.57. The SMILES string of the molecule is CC(CNc1nnc(CCl)o1)C1CC1. The Morgan fingerprint density at radius 1 is 1.57 bits per heavy atom. The van der Waals surface area contributed by atoms with Gasteiger partial charge in [0.2, 0.25) is 5.89 Å². The molecule has 0 radical (unpaired) electrons. The third kappa shape index (κ3) is 2.38. The Bertz CT molecular complexity index is 298. The smallest absolute Gasteiger partial charge is 0.315 e. The van der Waals surface area contributed by atoms with E-state index in [-0.39, 0.29) is 5.88 Å². The maximum absolute atomic E-state index is 5.54. The van der Waals surface area contributed by atoms with Crippen LogP contribution in [-0.2, 0) is 5.88 Å². The lowest BCUT2D eigenvalue weighted by Gasteiger charge is -2.08. The topological polar surface area (TPSA) is 51.0 Å². The number of rotatable bonds is 5. The van der Waals surface area contributed by atoms with E-state index in [0.717, 1.165) is 12.5 Å². The van der Waals surface area contributed by atoms with Crippen molar-refractivity contribution in [3.8, 4) is 0 Å². The number of nitrogens with zero attached hydrogens (tertiary/aromatic N) is 2. The van der Waals surface area contributed by atoms with E-state index < -0.39 is 0 Å². The quantitative estimate of drug-likeness (QED) is 0.766. The summed E-state index contributed by atoms with van der Waals surface area (Å²) in [4.78, 5) is 0. The Hall–Kier alpha value is -0.770. The van der Waals surface area contributed by atoms with Gasteiger partial charge in [0, 0.05) is 6.54 Å². The Morgan fingerprint density at radius 2 is 2.36 bits per heavy atom. The van der Waals surface area contributed by atoms with Crippen LogP contribution >= 0.6 is 11.6 Å². The largest absolute Gasteiger partial charge is 0.407 e. The van der Waals surface area contributed by atoms with Gasteiger partial charge in [-0.15, -0.1) is 16.7 Å². The highest BCUT2D eigenvalue weighted by atomic mass is 35.5. The van der Waals surface area contributed by atoms with Crippen LogP contribution in [0.25, 0.3) is 0 Å². The summed E-state index contributed by atoms with van der Waals surface area (Å²) in [6.07, 6.45) is 2.72. The fraction of sp³-hybridized carbons (Fsp3) is 0.778. The number of hydrogen-bond acceptors (Lipinski definition) is 4. The predicted molar refractivity (Wildman–Crippen MR) is 54.2 cm³/mol. The molecule has 1 aromatic rings. The molecule has 4 nitrogen and oxygen atoms in total. The molecule has 1 aliphatic carbocycles. The van der Waals surface area contributed by atoms with Crippen LogP contribution in [0.15, 0.2) is 4.42 Å². The molecule has 1 atom stereocenters. The number of anilines is 1. The first-order valence-corrected chi connectivity index (χ1v) is 5.45. The lowest BCUT2D eigenvalue weighted by atomic mass is 10.1. The molecule has 0 aliphatic heterocycles. The van der Waals surface area contributed by atoms with E-state index in [1.807, 2.05) is 0 Å². The molecule has 78 valence electrons. The van der Waals surface area contributed by atoms with Gasteiger partial charge < -0.3 is 9.73 Å². The van der Waals surface area contributed by atoms with Crippen LogP contribution in [0.2, 0.25) is 0 Å². The van der Waals surface area contributed by atoms with Crippen molar-refractivity contribution in [1.82, 2.24) is 10.2 Å². The van der Waals surface area contributed by atoms with Gasteiger partial charge in [-0.25, -0.2) is 0 Å². The van der Waals surface area contributed by atoms with Crippen LogP contribution in [0.4, 0.5) is 6.01 Å². The molecule has 1 aromatic heterocycles. The number of hydrogen-bond donors (Lipinski definition) is 1. The summed E-state index contributed by atoms with van der Waals surface area (Å²) in [6.45, 7) is 3.14. The highest BCUT2D eigenvalue weighted by molar-refractivity contribution is 6.16. The molecule has 1 N–H and O–H groups in total. The maximum atomic E-state index is 5.54. The molecule has 0 spiro atoms.